The third-order valence-corrected chi connectivity index (χ3v) is 4.39. The standard InChI is InChI=1S/C11H13BrO6S/c1-6(19(14,15)16)7-4-5-8(12)10(17-2)9(7)11(13)18-3/h4-6H,1-3H3,(H,14,15,16). The van der Waals surface area contributed by atoms with Crippen LogP contribution in [0.2, 0.25) is 0 Å². The number of halogens is 1. The molecule has 1 aromatic carbocycles. The Kier molecular flexibility index (Phi) is 4.94. The Morgan fingerprint density at radius 3 is 2.37 bits per heavy atom. The minimum absolute atomic E-state index is 0.0375. The Hall–Kier alpha value is -1.12. The van der Waals surface area contributed by atoms with Crippen molar-refractivity contribution in [3.63, 3.8) is 0 Å². The highest BCUT2D eigenvalue weighted by Gasteiger charge is 2.29. The molecule has 8 heteroatoms. The lowest BCUT2D eigenvalue weighted by atomic mass is 10.0. The third-order valence-electron chi connectivity index (χ3n) is 2.62. The fourth-order valence-electron chi connectivity index (χ4n) is 1.58. The van der Waals surface area contributed by atoms with Crippen LogP contribution in [0.15, 0.2) is 16.6 Å². The van der Waals surface area contributed by atoms with E-state index < -0.39 is 21.3 Å². The summed E-state index contributed by atoms with van der Waals surface area (Å²) in [6.45, 7) is 1.27. The SMILES string of the molecule is COC(=O)c1c(C(C)S(=O)(=O)O)ccc(Br)c1OC. The summed E-state index contributed by atoms with van der Waals surface area (Å²) < 4.78 is 41.8. The highest BCUT2D eigenvalue weighted by Crippen LogP contribution is 2.36. The number of hydrogen-bond acceptors (Lipinski definition) is 5. The average molecular weight is 353 g/mol. The molecule has 0 amide bonds. The number of benzene rings is 1. The maximum atomic E-state index is 11.8. The van der Waals surface area contributed by atoms with E-state index in [-0.39, 0.29) is 16.9 Å². The molecule has 0 fully saturated rings. The van der Waals surface area contributed by atoms with Gasteiger partial charge in [-0.3, -0.25) is 4.55 Å². The summed E-state index contributed by atoms with van der Waals surface area (Å²) in [5.41, 5.74) is 0.0684. The minimum Gasteiger partial charge on any atom is -0.495 e. The highest BCUT2D eigenvalue weighted by molar-refractivity contribution is 9.10. The first-order valence-corrected chi connectivity index (χ1v) is 7.44. The molecule has 0 bridgehead atoms. The lowest BCUT2D eigenvalue weighted by Crippen LogP contribution is -2.15. The molecule has 1 N–H and O–H groups in total. The maximum Gasteiger partial charge on any atom is 0.342 e. The van der Waals surface area contributed by atoms with E-state index in [1.54, 1.807) is 0 Å². The average Bonchev–Trinajstić information content (AvgIpc) is 2.35. The smallest absolute Gasteiger partial charge is 0.342 e. The normalized spacial score (nSPS) is 12.9. The van der Waals surface area contributed by atoms with Crippen molar-refractivity contribution >= 4 is 32.0 Å². The van der Waals surface area contributed by atoms with E-state index in [0.717, 1.165) is 0 Å². The zero-order valence-corrected chi connectivity index (χ0v) is 12.9. The van der Waals surface area contributed by atoms with Crippen molar-refractivity contribution in [1.82, 2.24) is 0 Å². The predicted octanol–water partition coefficient (Wildman–Crippen LogP) is 2.19. The van der Waals surface area contributed by atoms with E-state index in [0.29, 0.717) is 4.47 Å². The van der Waals surface area contributed by atoms with E-state index in [1.807, 2.05) is 0 Å². The molecule has 0 saturated carbocycles. The topological polar surface area (TPSA) is 89.9 Å². The second-order valence-electron chi connectivity index (χ2n) is 3.69. The van der Waals surface area contributed by atoms with E-state index in [2.05, 4.69) is 20.7 Å². The van der Waals surface area contributed by atoms with Crippen molar-refractivity contribution in [2.24, 2.45) is 0 Å². The molecular weight excluding hydrogens is 340 g/mol. The number of methoxy groups -OCH3 is 2. The molecule has 0 radical (unpaired) electrons. The molecule has 6 nitrogen and oxygen atoms in total. The van der Waals surface area contributed by atoms with Crippen LogP contribution in [0.4, 0.5) is 0 Å². The number of rotatable bonds is 4. The van der Waals surface area contributed by atoms with Crippen LogP contribution in [-0.4, -0.2) is 33.2 Å². The van der Waals surface area contributed by atoms with Crippen LogP contribution in [0.3, 0.4) is 0 Å². The van der Waals surface area contributed by atoms with Gasteiger partial charge < -0.3 is 9.47 Å². The molecule has 1 aromatic rings. The van der Waals surface area contributed by atoms with Crippen molar-refractivity contribution in [2.45, 2.75) is 12.2 Å². The van der Waals surface area contributed by atoms with Crippen LogP contribution in [0.1, 0.15) is 28.1 Å². The van der Waals surface area contributed by atoms with Gasteiger partial charge >= 0.3 is 5.97 Å². The first-order valence-electron chi connectivity index (χ1n) is 5.15. The van der Waals surface area contributed by atoms with E-state index >= 15 is 0 Å². The van der Waals surface area contributed by atoms with Gasteiger partial charge in [-0.05, 0) is 34.5 Å². The van der Waals surface area contributed by atoms with E-state index in [9.17, 15) is 13.2 Å². The summed E-state index contributed by atoms with van der Waals surface area (Å²) in [7, 11) is -1.82. The predicted molar refractivity (Wildman–Crippen MR) is 72.0 cm³/mol. The molecule has 106 valence electrons. The summed E-state index contributed by atoms with van der Waals surface area (Å²) >= 11 is 3.19. The van der Waals surface area contributed by atoms with E-state index in [1.165, 1.54) is 33.3 Å². The van der Waals surface area contributed by atoms with Crippen molar-refractivity contribution in [2.75, 3.05) is 14.2 Å². The molecule has 0 aliphatic heterocycles. The van der Waals surface area contributed by atoms with Gasteiger partial charge in [0.25, 0.3) is 10.1 Å². The lowest BCUT2D eigenvalue weighted by molar-refractivity contribution is 0.0595. The first kappa shape index (κ1) is 15.9. The van der Waals surface area contributed by atoms with Crippen molar-refractivity contribution in [3.05, 3.63) is 27.7 Å². The summed E-state index contributed by atoms with van der Waals surface area (Å²) in [5.74, 6) is -0.594. The van der Waals surface area contributed by atoms with E-state index in [4.69, 9.17) is 9.29 Å². The van der Waals surface area contributed by atoms with Gasteiger partial charge in [-0.2, -0.15) is 8.42 Å². The number of carbonyl (C=O) groups is 1. The Balaban J connectivity index is 3.61. The zero-order valence-electron chi connectivity index (χ0n) is 10.5. The van der Waals surface area contributed by atoms with Crippen LogP contribution in [0.5, 0.6) is 5.75 Å². The second-order valence-corrected chi connectivity index (χ2v) is 6.29. The maximum absolute atomic E-state index is 11.8. The summed E-state index contributed by atoms with van der Waals surface area (Å²) in [6.07, 6.45) is 0. The number of ether oxygens (including phenoxy) is 2. The summed E-state index contributed by atoms with van der Waals surface area (Å²) in [5, 5.41) is -1.27. The highest BCUT2D eigenvalue weighted by atomic mass is 79.9. The van der Waals surface area contributed by atoms with Crippen molar-refractivity contribution in [1.29, 1.82) is 0 Å². The Morgan fingerprint density at radius 2 is 1.95 bits per heavy atom. The fourth-order valence-corrected chi connectivity index (χ4v) is 2.59. The monoisotopic (exact) mass is 352 g/mol. The Labute approximate surface area is 119 Å². The van der Waals surface area contributed by atoms with Gasteiger partial charge in [-0.1, -0.05) is 6.07 Å². The lowest BCUT2D eigenvalue weighted by Gasteiger charge is -2.16. The molecule has 1 atom stereocenters. The fraction of sp³-hybridized carbons (Fsp3) is 0.364. The van der Waals surface area contributed by atoms with Gasteiger partial charge in [0.05, 0.1) is 18.7 Å². The third kappa shape index (κ3) is 3.26. The summed E-state index contributed by atoms with van der Waals surface area (Å²) in [6, 6.07) is 2.94. The van der Waals surface area contributed by atoms with Gasteiger partial charge in [-0.25, -0.2) is 4.79 Å². The van der Waals surface area contributed by atoms with Gasteiger partial charge in [-0.15, -0.1) is 0 Å². The molecule has 1 unspecified atom stereocenters. The molecule has 0 aliphatic rings. The van der Waals surface area contributed by atoms with Crippen molar-refractivity contribution < 1.29 is 27.2 Å². The molecular formula is C11H13BrO6S. The van der Waals surface area contributed by atoms with Gasteiger partial charge in [0.2, 0.25) is 0 Å². The number of hydrogen-bond donors (Lipinski definition) is 1. The summed E-state index contributed by atoms with van der Waals surface area (Å²) in [4.78, 5) is 11.8. The molecule has 0 spiro atoms. The van der Waals surface area contributed by atoms with Gasteiger partial charge in [0.1, 0.15) is 16.6 Å². The zero-order chi connectivity index (χ0) is 14.8. The molecule has 1 rings (SSSR count). The number of carbonyl (C=O) groups excluding carboxylic acids is 1. The molecule has 0 saturated heterocycles. The van der Waals surface area contributed by atoms with Crippen molar-refractivity contribution in [3.8, 4) is 5.75 Å². The Bertz CT molecular complexity index is 595. The molecule has 0 aromatic heterocycles. The quantitative estimate of drug-likeness (QED) is 0.659. The van der Waals surface area contributed by atoms with Gasteiger partial charge in [0, 0.05) is 0 Å². The molecule has 19 heavy (non-hydrogen) atoms. The van der Waals surface area contributed by atoms with Crippen LogP contribution in [0, 0.1) is 0 Å². The van der Waals surface area contributed by atoms with Crippen LogP contribution >= 0.6 is 15.9 Å². The minimum atomic E-state index is -4.34. The van der Waals surface area contributed by atoms with Crippen LogP contribution in [0.25, 0.3) is 0 Å². The van der Waals surface area contributed by atoms with Crippen LogP contribution < -0.4 is 4.74 Å². The molecule has 0 aliphatic carbocycles. The molecule has 0 heterocycles. The second kappa shape index (κ2) is 5.89. The first-order chi connectivity index (χ1) is 8.73. The largest absolute Gasteiger partial charge is 0.495 e. The van der Waals surface area contributed by atoms with Crippen LogP contribution in [-0.2, 0) is 14.9 Å². The van der Waals surface area contributed by atoms with Gasteiger partial charge in [0.15, 0.2) is 0 Å². The Morgan fingerprint density at radius 1 is 1.37 bits per heavy atom. The number of esters is 1.